The second kappa shape index (κ2) is 4.58. The van der Waals surface area contributed by atoms with E-state index in [9.17, 15) is 0 Å². The summed E-state index contributed by atoms with van der Waals surface area (Å²) < 4.78 is 0.835. The summed E-state index contributed by atoms with van der Waals surface area (Å²) in [6.45, 7) is 4.16. The zero-order valence-corrected chi connectivity index (χ0v) is 9.33. The van der Waals surface area contributed by atoms with Gasteiger partial charge in [-0.05, 0) is 12.5 Å². The van der Waals surface area contributed by atoms with Crippen LogP contribution in [0.3, 0.4) is 0 Å². The van der Waals surface area contributed by atoms with Gasteiger partial charge in [0.05, 0.1) is 20.7 Å². The van der Waals surface area contributed by atoms with Crippen LogP contribution in [0.1, 0.15) is 11.1 Å². The first kappa shape index (κ1) is 11.2. The molecule has 0 amide bonds. The minimum Gasteiger partial charge on any atom is -0.391 e. The number of nitrogens with zero attached hydrogens (tertiary/aromatic N) is 1. The Bertz CT molecular complexity index is 294. The highest BCUT2D eigenvalue weighted by Gasteiger charge is 2.15. The maximum atomic E-state index is 8.93. The van der Waals surface area contributed by atoms with Crippen LogP contribution in [0.5, 0.6) is 0 Å². The van der Waals surface area contributed by atoms with Crippen molar-refractivity contribution in [1.82, 2.24) is 0 Å². The number of hydrogen-bond donors (Lipinski definition) is 1. The van der Waals surface area contributed by atoms with Crippen molar-refractivity contribution in [2.75, 3.05) is 27.2 Å². The Hall–Kier alpha value is -0.860. The van der Waals surface area contributed by atoms with Gasteiger partial charge in [0.2, 0.25) is 0 Å². The van der Waals surface area contributed by atoms with E-state index in [4.69, 9.17) is 5.11 Å². The second-order valence-electron chi connectivity index (χ2n) is 4.47. The average Bonchev–Trinajstić information content (AvgIpc) is 2.08. The Morgan fingerprint density at radius 2 is 1.86 bits per heavy atom. The monoisotopic (exact) mass is 194 g/mol. The van der Waals surface area contributed by atoms with Gasteiger partial charge in [0.15, 0.2) is 0 Å². The van der Waals surface area contributed by atoms with Gasteiger partial charge >= 0.3 is 0 Å². The highest BCUT2D eigenvalue weighted by Crippen LogP contribution is 2.12. The van der Waals surface area contributed by atoms with Gasteiger partial charge in [0.25, 0.3) is 0 Å². The quantitative estimate of drug-likeness (QED) is 0.721. The van der Waals surface area contributed by atoms with Crippen molar-refractivity contribution in [3.63, 3.8) is 0 Å². The van der Waals surface area contributed by atoms with Crippen molar-refractivity contribution >= 4 is 0 Å². The van der Waals surface area contributed by atoms with Crippen LogP contribution in [0.2, 0.25) is 0 Å². The molecular formula is C12H20NO+. The van der Waals surface area contributed by atoms with E-state index < -0.39 is 0 Å². The zero-order valence-electron chi connectivity index (χ0n) is 9.33. The van der Waals surface area contributed by atoms with E-state index >= 15 is 0 Å². The van der Waals surface area contributed by atoms with Gasteiger partial charge in [0.1, 0.15) is 13.1 Å². The Morgan fingerprint density at radius 3 is 2.43 bits per heavy atom. The lowest BCUT2D eigenvalue weighted by Gasteiger charge is -2.29. The molecule has 1 aromatic carbocycles. The normalized spacial score (nSPS) is 11.7. The fraction of sp³-hybridized carbons (Fsp3) is 0.500. The second-order valence-corrected chi connectivity index (χ2v) is 4.47. The molecule has 0 fully saturated rings. The topological polar surface area (TPSA) is 20.2 Å². The third kappa shape index (κ3) is 3.13. The lowest BCUT2D eigenvalue weighted by atomic mass is 10.1. The Labute approximate surface area is 86.4 Å². The third-order valence-corrected chi connectivity index (χ3v) is 2.56. The van der Waals surface area contributed by atoms with Gasteiger partial charge in [-0.2, -0.15) is 0 Å². The summed E-state index contributed by atoms with van der Waals surface area (Å²) in [5.74, 6) is 0. The van der Waals surface area contributed by atoms with Crippen LogP contribution in [0.25, 0.3) is 0 Å². The minimum absolute atomic E-state index is 0.249. The van der Waals surface area contributed by atoms with Gasteiger partial charge in [0, 0.05) is 5.56 Å². The molecule has 2 heteroatoms. The predicted molar refractivity (Wildman–Crippen MR) is 58.9 cm³/mol. The number of benzene rings is 1. The van der Waals surface area contributed by atoms with Crippen LogP contribution in [-0.2, 0) is 6.54 Å². The molecule has 0 aromatic heterocycles. The minimum atomic E-state index is 0.249. The smallest absolute Gasteiger partial charge is 0.104 e. The SMILES string of the molecule is Cc1ccccc1C[N+](C)(C)CCO. The van der Waals surface area contributed by atoms with Crippen LogP contribution >= 0.6 is 0 Å². The summed E-state index contributed by atoms with van der Waals surface area (Å²) in [6, 6.07) is 8.42. The van der Waals surface area contributed by atoms with Crippen LogP contribution in [-0.4, -0.2) is 36.8 Å². The molecule has 78 valence electrons. The molecule has 0 aliphatic carbocycles. The van der Waals surface area contributed by atoms with Gasteiger partial charge < -0.3 is 9.59 Å². The number of aryl methyl sites for hydroxylation is 1. The van der Waals surface area contributed by atoms with Crippen molar-refractivity contribution in [2.24, 2.45) is 0 Å². The lowest BCUT2D eigenvalue weighted by molar-refractivity contribution is -0.903. The summed E-state index contributed by atoms with van der Waals surface area (Å²) in [7, 11) is 4.28. The predicted octanol–water partition coefficient (Wildman–Crippen LogP) is 1.56. The first-order valence-corrected chi connectivity index (χ1v) is 5.02. The molecule has 0 saturated heterocycles. The molecular weight excluding hydrogens is 174 g/mol. The van der Waals surface area contributed by atoms with Gasteiger partial charge in [-0.25, -0.2) is 0 Å². The molecule has 0 spiro atoms. The summed E-state index contributed by atoms with van der Waals surface area (Å²) >= 11 is 0. The summed E-state index contributed by atoms with van der Waals surface area (Å²) in [5.41, 5.74) is 2.70. The Balaban J connectivity index is 2.73. The van der Waals surface area contributed by atoms with Crippen molar-refractivity contribution in [3.05, 3.63) is 35.4 Å². The van der Waals surface area contributed by atoms with Crippen LogP contribution < -0.4 is 0 Å². The molecule has 0 radical (unpaired) electrons. The summed E-state index contributed by atoms with van der Waals surface area (Å²) in [5, 5.41) is 8.93. The van der Waals surface area contributed by atoms with Gasteiger partial charge in [-0.1, -0.05) is 24.3 Å². The summed E-state index contributed by atoms with van der Waals surface area (Å²) in [6.07, 6.45) is 0. The van der Waals surface area contributed by atoms with Crippen molar-refractivity contribution < 1.29 is 9.59 Å². The third-order valence-electron chi connectivity index (χ3n) is 2.56. The average molecular weight is 194 g/mol. The molecule has 0 aliphatic rings. The van der Waals surface area contributed by atoms with Crippen LogP contribution in [0, 0.1) is 6.92 Å². The van der Waals surface area contributed by atoms with Gasteiger partial charge in [-0.3, -0.25) is 0 Å². The molecule has 1 rings (SSSR count). The first-order valence-electron chi connectivity index (χ1n) is 5.02. The Kier molecular flexibility index (Phi) is 3.67. The highest BCUT2D eigenvalue weighted by atomic mass is 16.3. The molecule has 2 nitrogen and oxygen atoms in total. The van der Waals surface area contributed by atoms with E-state index in [0.29, 0.717) is 0 Å². The van der Waals surface area contributed by atoms with Gasteiger partial charge in [-0.15, -0.1) is 0 Å². The number of aliphatic hydroxyl groups excluding tert-OH is 1. The molecule has 0 saturated carbocycles. The largest absolute Gasteiger partial charge is 0.391 e. The molecule has 0 atom stereocenters. The number of aliphatic hydroxyl groups is 1. The molecule has 1 N–H and O–H groups in total. The number of hydrogen-bond acceptors (Lipinski definition) is 1. The fourth-order valence-electron chi connectivity index (χ4n) is 1.60. The molecule has 0 aliphatic heterocycles. The van der Waals surface area contributed by atoms with Crippen LogP contribution in [0.15, 0.2) is 24.3 Å². The van der Waals surface area contributed by atoms with Crippen molar-refractivity contribution in [1.29, 1.82) is 0 Å². The number of rotatable bonds is 4. The summed E-state index contributed by atoms with van der Waals surface area (Å²) in [4.78, 5) is 0. The molecule has 0 bridgehead atoms. The zero-order chi connectivity index (χ0) is 10.6. The fourth-order valence-corrected chi connectivity index (χ4v) is 1.60. The van der Waals surface area contributed by atoms with E-state index in [0.717, 1.165) is 17.6 Å². The van der Waals surface area contributed by atoms with Crippen molar-refractivity contribution in [3.8, 4) is 0 Å². The van der Waals surface area contributed by atoms with E-state index in [1.165, 1.54) is 11.1 Å². The molecule has 1 aromatic rings. The van der Waals surface area contributed by atoms with E-state index in [2.05, 4.69) is 45.3 Å². The van der Waals surface area contributed by atoms with E-state index in [1.54, 1.807) is 0 Å². The molecule has 0 heterocycles. The molecule has 0 unspecified atom stereocenters. The number of likely N-dealkylation sites (N-methyl/N-ethyl adjacent to an activating group) is 1. The highest BCUT2D eigenvalue weighted by molar-refractivity contribution is 5.24. The first-order chi connectivity index (χ1) is 6.55. The standard InChI is InChI=1S/C12H20NO/c1-11-6-4-5-7-12(11)10-13(2,3)8-9-14/h4-7,14H,8-10H2,1-3H3/q+1. The maximum absolute atomic E-state index is 8.93. The van der Waals surface area contributed by atoms with Crippen LogP contribution in [0.4, 0.5) is 0 Å². The van der Waals surface area contributed by atoms with Crippen molar-refractivity contribution in [2.45, 2.75) is 13.5 Å². The maximum Gasteiger partial charge on any atom is 0.104 e. The number of quaternary nitrogens is 1. The van der Waals surface area contributed by atoms with E-state index in [1.807, 2.05) is 0 Å². The molecule has 14 heavy (non-hydrogen) atoms. The van der Waals surface area contributed by atoms with E-state index in [-0.39, 0.29) is 6.61 Å². The lowest BCUT2D eigenvalue weighted by Crippen LogP contribution is -2.41. The Morgan fingerprint density at radius 1 is 1.21 bits per heavy atom.